The number of nitrogen functional groups attached to an aromatic ring is 1. The lowest BCUT2D eigenvalue weighted by atomic mass is 10.1. The Kier molecular flexibility index (Phi) is 4.09. The fourth-order valence-electron chi connectivity index (χ4n) is 1.77. The van der Waals surface area contributed by atoms with Crippen LogP contribution in [0.25, 0.3) is 0 Å². The zero-order chi connectivity index (χ0) is 12.8. The van der Waals surface area contributed by atoms with Crippen molar-refractivity contribution in [3.63, 3.8) is 0 Å². The Labute approximate surface area is 106 Å². The van der Waals surface area contributed by atoms with Crippen molar-refractivity contribution >= 4 is 17.3 Å². The van der Waals surface area contributed by atoms with E-state index >= 15 is 0 Å². The fourth-order valence-corrected chi connectivity index (χ4v) is 1.77. The molecule has 1 aromatic carbocycles. The van der Waals surface area contributed by atoms with Gasteiger partial charge in [0.15, 0.2) is 0 Å². The van der Waals surface area contributed by atoms with E-state index in [1.807, 2.05) is 18.2 Å². The monoisotopic (exact) mass is 243 g/mol. The van der Waals surface area contributed by atoms with E-state index in [-0.39, 0.29) is 0 Å². The lowest BCUT2D eigenvalue weighted by Crippen LogP contribution is -2.09. The van der Waals surface area contributed by atoms with Crippen molar-refractivity contribution in [1.82, 2.24) is 9.97 Å². The number of anilines is 3. The molecule has 18 heavy (non-hydrogen) atoms. The second-order valence-electron chi connectivity index (χ2n) is 3.96. The minimum absolute atomic E-state index is 0.584. The second-order valence-corrected chi connectivity index (χ2v) is 3.96. The second kappa shape index (κ2) is 5.97. The molecular weight excluding hydrogens is 226 g/mol. The van der Waals surface area contributed by atoms with Crippen molar-refractivity contribution < 1.29 is 0 Å². The van der Waals surface area contributed by atoms with Crippen LogP contribution in [0.5, 0.6) is 0 Å². The Hall–Kier alpha value is -2.14. The van der Waals surface area contributed by atoms with Crippen LogP contribution < -0.4 is 16.6 Å². The summed E-state index contributed by atoms with van der Waals surface area (Å²) in [5.41, 5.74) is 4.85. The molecule has 2 rings (SSSR count). The van der Waals surface area contributed by atoms with E-state index in [1.54, 1.807) is 6.07 Å². The van der Waals surface area contributed by atoms with Gasteiger partial charge in [0.1, 0.15) is 18.0 Å². The summed E-state index contributed by atoms with van der Waals surface area (Å²) < 4.78 is 0. The molecule has 0 saturated carbocycles. The molecule has 0 fully saturated rings. The molecule has 0 aliphatic heterocycles. The quantitative estimate of drug-likeness (QED) is 0.555. The third-order valence-corrected chi connectivity index (χ3v) is 2.61. The Morgan fingerprint density at radius 2 is 1.94 bits per heavy atom. The van der Waals surface area contributed by atoms with Crippen LogP contribution >= 0.6 is 0 Å². The maximum absolute atomic E-state index is 5.32. The average Bonchev–Trinajstić information content (AvgIpc) is 2.41. The van der Waals surface area contributed by atoms with E-state index in [0.29, 0.717) is 5.82 Å². The van der Waals surface area contributed by atoms with Crippen LogP contribution in [0.4, 0.5) is 17.3 Å². The maximum atomic E-state index is 5.32. The van der Waals surface area contributed by atoms with Gasteiger partial charge in [-0.1, -0.05) is 31.5 Å². The van der Waals surface area contributed by atoms with Gasteiger partial charge in [-0.3, -0.25) is 0 Å². The molecule has 4 N–H and O–H groups in total. The SMILES string of the molecule is CCCc1ccccc1Nc1cc(NN)ncn1. The van der Waals surface area contributed by atoms with Crippen molar-refractivity contribution in [2.24, 2.45) is 5.84 Å². The Morgan fingerprint density at radius 1 is 1.17 bits per heavy atom. The summed E-state index contributed by atoms with van der Waals surface area (Å²) in [7, 11) is 0. The van der Waals surface area contributed by atoms with Gasteiger partial charge in [-0.05, 0) is 18.1 Å². The Morgan fingerprint density at radius 3 is 2.72 bits per heavy atom. The van der Waals surface area contributed by atoms with Crippen molar-refractivity contribution in [3.8, 4) is 0 Å². The van der Waals surface area contributed by atoms with Crippen LogP contribution in [0.3, 0.4) is 0 Å². The van der Waals surface area contributed by atoms with Crippen molar-refractivity contribution in [3.05, 3.63) is 42.2 Å². The summed E-state index contributed by atoms with van der Waals surface area (Å²) in [4.78, 5) is 8.14. The zero-order valence-corrected chi connectivity index (χ0v) is 10.4. The first-order valence-corrected chi connectivity index (χ1v) is 5.97. The molecule has 94 valence electrons. The van der Waals surface area contributed by atoms with Crippen molar-refractivity contribution in [2.75, 3.05) is 10.7 Å². The predicted molar refractivity (Wildman–Crippen MR) is 73.6 cm³/mol. The third-order valence-electron chi connectivity index (χ3n) is 2.61. The normalized spacial score (nSPS) is 10.1. The summed E-state index contributed by atoms with van der Waals surface area (Å²) in [5, 5.41) is 3.29. The number of nitrogens with zero attached hydrogens (tertiary/aromatic N) is 2. The highest BCUT2D eigenvalue weighted by Crippen LogP contribution is 2.21. The number of hydrazine groups is 1. The first kappa shape index (κ1) is 12.3. The van der Waals surface area contributed by atoms with E-state index in [9.17, 15) is 0 Å². The molecule has 1 heterocycles. The van der Waals surface area contributed by atoms with Crippen molar-refractivity contribution in [2.45, 2.75) is 19.8 Å². The third kappa shape index (κ3) is 2.95. The topological polar surface area (TPSA) is 75.9 Å². The first-order valence-electron chi connectivity index (χ1n) is 5.97. The predicted octanol–water partition coefficient (Wildman–Crippen LogP) is 2.46. The number of nitrogens with one attached hydrogen (secondary N) is 2. The largest absolute Gasteiger partial charge is 0.340 e. The van der Waals surface area contributed by atoms with Gasteiger partial charge < -0.3 is 10.7 Å². The zero-order valence-electron chi connectivity index (χ0n) is 10.4. The van der Waals surface area contributed by atoms with Gasteiger partial charge in [-0.25, -0.2) is 15.8 Å². The first-order chi connectivity index (χ1) is 8.83. The van der Waals surface area contributed by atoms with Gasteiger partial charge in [-0.2, -0.15) is 0 Å². The molecule has 0 aliphatic carbocycles. The molecule has 0 saturated heterocycles. The number of benzene rings is 1. The maximum Gasteiger partial charge on any atom is 0.145 e. The van der Waals surface area contributed by atoms with Gasteiger partial charge in [0.25, 0.3) is 0 Å². The summed E-state index contributed by atoms with van der Waals surface area (Å²) in [6.45, 7) is 2.16. The minimum atomic E-state index is 0.584. The number of para-hydroxylation sites is 1. The van der Waals surface area contributed by atoms with Gasteiger partial charge >= 0.3 is 0 Å². The van der Waals surface area contributed by atoms with E-state index < -0.39 is 0 Å². The minimum Gasteiger partial charge on any atom is -0.340 e. The number of hydrogen-bond acceptors (Lipinski definition) is 5. The van der Waals surface area contributed by atoms with Crippen LogP contribution in [-0.2, 0) is 6.42 Å². The highest BCUT2D eigenvalue weighted by Gasteiger charge is 2.03. The smallest absolute Gasteiger partial charge is 0.145 e. The number of rotatable bonds is 5. The standard InChI is InChI=1S/C13H17N5/c1-2-5-10-6-3-4-7-11(10)17-12-8-13(18-14)16-9-15-12/h3-4,6-9H,2,5,14H2,1H3,(H2,15,16,17,18). The van der Waals surface area contributed by atoms with Crippen LogP contribution in [0.2, 0.25) is 0 Å². The Balaban J connectivity index is 2.22. The molecular formula is C13H17N5. The molecule has 5 heteroatoms. The molecule has 5 nitrogen and oxygen atoms in total. The molecule has 2 aromatic rings. The van der Waals surface area contributed by atoms with E-state index in [2.05, 4.69) is 33.7 Å². The molecule has 0 bridgehead atoms. The molecule has 0 radical (unpaired) electrons. The summed E-state index contributed by atoms with van der Waals surface area (Å²) in [5.74, 6) is 6.63. The number of hydrogen-bond donors (Lipinski definition) is 3. The average molecular weight is 243 g/mol. The molecule has 1 aromatic heterocycles. The molecule has 0 unspecified atom stereocenters. The summed E-state index contributed by atoms with van der Waals surface area (Å²) in [6, 6.07) is 9.98. The highest BCUT2D eigenvalue weighted by atomic mass is 15.3. The lowest BCUT2D eigenvalue weighted by molar-refractivity contribution is 0.923. The molecule has 0 amide bonds. The molecule has 0 aliphatic rings. The van der Waals surface area contributed by atoms with E-state index in [4.69, 9.17) is 5.84 Å². The van der Waals surface area contributed by atoms with Gasteiger partial charge in [0.05, 0.1) is 0 Å². The van der Waals surface area contributed by atoms with Crippen LogP contribution in [0.1, 0.15) is 18.9 Å². The molecule has 0 spiro atoms. The van der Waals surface area contributed by atoms with E-state index in [0.717, 1.165) is 24.3 Å². The van der Waals surface area contributed by atoms with Gasteiger partial charge in [0.2, 0.25) is 0 Å². The van der Waals surface area contributed by atoms with Crippen molar-refractivity contribution in [1.29, 1.82) is 0 Å². The van der Waals surface area contributed by atoms with Crippen LogP contribution in [-0.4, -0.2) is 9.97 Å². The van der Waals surface area contributed by atoms with E-state index in [1.165, 1.54) is 11.9 Å². The number of nitrogens with two attached hydrogens (primary N) is 1. The lowest BCUT2D eigenvalue weighted by Gasteiger charge is -2.11. The fraction of sp³-hybridized carbons (Fsp3) is 0.231. The number of aryl methyl sites for hydroxylation is 1. The van der Waals surface area contributed by atoms with Crippen LogP contribution in [0, 0.1) is 0 Å². The number of aromatic nitrogens is 2. The van der Waals surface area contributed by atoms with Gasteiger partial charge in [0, 0.05) is 11.8 Å². The van der Waals surface area contributed by atoms with Crippen LogP contribution in [0.15, 0.2) is 36.7 Å². The Bertz CT molecular complexity index is 512. The summed E-state index contributed by atoms with van der Waals surface area (Å²) in [6.07, 6.45) is 3.62. The highest BCUT2D eigenvalue weighted by molar-refractivity contribution is 5.62. The van der Waals surface area contributed by atoms with Gasteiger partial charge in [-0.15, -0.1) is 0 Å². The summed E-state index contributed by atoms with van der Waals surface area (Å²) >= 11 is 0. The molecule has 0 atom stereocenters.